The van der Waals surface area contributed by atoms with Gasteiger partial charge in [-0.1, -0.05) is 13.0 Å². The fraction of sp³-hybridized carbons (Fsp3) is 0.667. The van der Waals surface area contributed by atoms with E-state index in [1.807, 2.05) is 13.8 Å². The number of hydroxylamine groups is 1. The monoisotopic (exact) mass is 187 g/mol. The highest BCUT2D eigenvalue weighted by molar-refractivity contribution is 5.88. The van der Waals surface area contributed by atoms with Crippen LogP contribution in [0.2, 0.25) is 0 Å². The fourth-order valence-corrected chi connectivity index (χ4v) is 0.829. The lowest BCUT2D eigenvalue weighted by Gasteiger charge is -2.03. The van der Waals surface area contributed by atoms with Gasteiger partial charge in [0.15, 0.2) is 0 Å². The molecule has 0 bridgehead atoms. The van der Waals surface area contributed by atoms with Gasteiger partial charge in [-0.25, -0.2) is 4.79 Å². The van der Waals surface area contributed by atoms with Crippen molar-refractivity contribution in [3.05, 3.63) is 11.6 Å². The van der Waals surface area contributed by atoms with E-state index >= 15 is 0 Å². The van der Waals surface area contributed by atoms with Crippen molar-refractivity contribution < 1.29 is 14.4 Å². The maximum absolute atomic E-state index is 11.0. The first kappa shape index (κ1) is 12.1. The average molecular weight is 187 g/mol. The first-order valence-electron chi connectivity index (χ1n) is 4.38. The second-order valence-electron chi connectivity index (χ2n) is 2.36. The Morgan fingerprint density at radius 2 is 2.15 bits per heavy atom. The van der Waals surface area contributed by atoms with E-state index in [9.17, 15) is 4.79 Å². The van der Waals surface area contributed by atoms with E-state index in [1.54, 1.807) is 6.08 Å². The SMILES string of the molecule is CCONC/C=C(/CC)C(=O)OC. The molecule has 13 heavy (non-hydrogen) atoms. The molecule has 76 valence electrons. The Morgan fingerprint density at radius 1 is 1.46 bits per heavy atom. The molecule has 0 amide bonds. The normalized spacial score (nSPS) is 11.5. The minimum Gasteiger partial charge on any atom is -0.466 e. The van der Waals surface area contributed by atoms with Gasteiger partial charge in [-0.15, -0.1) is 0 Å². The number of nitrogens with one attached hydrogen (secondary N) is 1. The third-order valence-electron chi connectivity index (χ3n) is 1.51. The number of ether oxygens (including phenoxy) is 1. The van der Waals surface area contributed by atoms with Gasteiger partial charge < -0.3 is 9.57 Å². The molecule has 0 fully saturated rings. The van der Waals surface area contributed by atoms with Crippen molar-refractivity contribution in [2.24, 2.45) is 0 Å². The predicted molar refractivity (Wildman–Crippen MR) is 50.0 cm³/mol. The summed E-state index contributed by atoms with van der Waals surface area (Å²) in [5.41, 5.74) is 3.36. The van der Waals surface area contributed by atoms with Crippen LogP contribution in [0, 0.1) is 0 Å². The van der Waals surface area contributed by atoms with Gasteiger partial charge in [-0.05, 0) is 13.3 Å². The maximum atomic E-state index is 11.0. The van der Waals surface area contributed by atoms with Crippen molar-refractivity contribution in [3.8, 4) is 0 Å². The molecule has 1 N–H and O–H groups in total. The Labute approximate surface area is 78.9 Å². The number of rotatable bonds is 6. The van der Waals surface area contributed by atoms with E-state index in [-0.39, 0.29) is 5.97 Å². The van der Waals surface area contributed by atoms with Crippen LogP contribution in [0.25, 0.3) is 0 Å². The average Bonchev–Trinajstić information content (AvgIpc) is 2.17. The molecule has 0 spiro atoms. The van der Waals surface area contributed by atoms with Crippen molar-refractivity contribution >= 4 is 5.97 Å². The van der Waals surface area contributed by atoms with Crippen LogP contribution < -0.4 is 5.48 Å². The highest BCUT2D eigenvalue weighted by Gasteiger charge is 2.05. The van der Waals surface area contributed by atoms with Gasteiger partial charge in [0.05, 0.1) is 13.7 Å². The molecule has 0 aromatic heterocycles. The first-order chi connectivity index (χ1) is 6.26. The molecule has 4 nitrogen and oxygen atoms in total. The van der Waals surface area contributed by atoms with E-state index in [4.69, 9.17) is 4.84 Å². The standard InChI is InChI=1S/C9H17NO3/c1-4-8(9(11)12-3)6-7-10-13-5-2/h6,10H,4-5,7H2,1-3H3/b8-6-. The van der Waals surface area contributed by atoms with Gasteiger partial charge in [0, 0.05) is 12.1 Å². The topological polar surface area (TPSA) is 47.6 Å². The van der Waals surface area contributed by atoms with Crippen LogP contribution >= 0.6 is 0 Å². The molecule has 0 aromatic rings. The third-order valence-corrected chi connectivity index (χ3v) is 1.51. The molecule has 0 unspecified atom stereocenters. The number of hydrogen-bond donors (Lipinski definition) is 1. The second kappa shape index (κ2) is 7.76. The smallest absolute Gasteiger partial charge is 0.333 e. The zero-order valence-corrected chi connectivity index (χ0v) is 8.42. The van der Waals surface area contributed by atoms with Crippen LogP contribution in [0.15, 0.2) is 11.6 Å². The van der Waals surface area contributed by atoms with E-state index in [0.717, 1.165) is 0 Å². The van der Waals surface area contributed by atoms with Crippen LogP contribution in [-0.4, -0.2) is 26.2 Å². The van der Waals surface area contributed by atoms with Crippen LogP contribution in [-0.2, 0) is 14.4 Å². The molecular formula is C9H17NO3. The Kier molecular flexibility index (Phi) is 7.24. The van der Waals surface area contributed by atoms with Crippen molar-refractivity contribution in [2.75, 3.05) is 20.3 Å². The van der Waals surface area contributed by atoms with Gasteiger partial charge in [0.1, 0.15) is 0 Å². The lowest BCUT2D eigenvalue weighted by Crippen LogP contribution is -2.15. The largest absolute Gasteiger partial charge is 0.466 e. The van der Waals surface area contributed by atoms with Crippen LogP contribution in [0.4, 0.5) is 0 Å². The lowest BCUT2D eigenvalue weighted by atomic mass is 10.2. The zero-order valence-electron chi connectivity index (χ0n) is 8.42. The molecule has 0 saturated heterocycles. The van der Waals surface area contributed by atoms with E-state index in [1.165, 1.54) is 7.11 Å². The molecule has 0 heterocycles. The molecule has 0 radical (unpaired) electrons. The Hall–Kier alpha value is -0.870. The summed E-state index contributed by atoms with van der Waals surface area (Å²) >= 11 is 0. The maximum Gasteiger partial charge on any atom is 0.333 e. The van der Waals surface area contributed by atoms with Gasteiger partial charge in [-0.3, -0.25) is 0 Å². The Morgan fingerprint density at radius 3 is 2.62 bits per heavy atom. The summed E-state index contributed by atoms with van der Waals surface area (Å²) in [6.07, 6.45) is 2.43. The van der Waals surface area contributed by atoms with Gasteiger partial charge in [0.25, 0.3) is 0 Å². The number of esters is 1. The lowest BCUT2D eigenvalue weighted by molar-refractivity contribution is -0.136. The minimum atomic E-state index is -0.277. The van der Waals surface area contributed by atoms with Crippen LogP contribution in [0.5, 0.6) is 0 Å². The highest BCUT2D eigenvalue weighted by Crippen LogP contribution is 2.01. The number of methoxy groups -OCH3 is 1. The molecule has 0 aliphatic rings. The number of carbonyl (C=O) groups is 1. The van der Waals surface area contributed by atoms with Crippen molar-refractivity contribution in [1.29, 1.82) is 0 Å². The summed E-state index contributed by atoms with van der Waals surface area (Å²) in [5.74, 6) is -0.277. The number of carbonyl (C=O) groups excluding carboxylic acids is 1. The molecule has 0 aliphatic heterocycles. The Balaban J connectivity index is 3.85. The summed E-state index contributed by atoms with van der Waals surface area (Å²) in [5, 5.41) is 0. The predicted octanol–water partition coefficient (Wildman–Crippen LogP) is 1.04. The van der Waals surface area contributed by atoms with Crippen molar-refractivity contribution in [3.63, 3.8) is 0 Å². The zero-order chi connectivity index (χ0) is 10.1. The third kappa shape index (κ3) is 5.38. The molecule has 0 atom stereocenters. The molecule has 0 rings (SSSR count). The van der Waals surface area contributed by atoms with Gasteiger partial charge >= 0.3 is 5.97 Å². The first-order valence-corrected chi connectivity index (χ1v) is 4.38. The molecule has 0 aromatic carbocycles. The van der Waals surface area contributed by atoms with E-state index in [0.29, 0.717) is 25.1 Å². The molecule has 0 aliphatic carbocycles. The highest BCUT2D eigenvalue weighted by atomic mass is 16.6. The summed E-state index contributed by atoms with van der Waals surface area (Å²) < 4.78 is 4.58. The Bertz CT molecular complexity index is 178. The molecule has 4 heteroatoms. The van der Waals surface area contributed by atoms with Crippen molar-refractivity contribution in [2.45, 2.75) is 20.3 Å². The van der Waals surface area contributed by atoms with Crippen molar-refractivity contribution in [1.82, 2.24) is 5.48 Å². The van der Waals surface area contributed by atoms with E-state index in [2.05, 4.69) is 10.2 Å². The number of hydrogen-bond acceptors (Lipinski definition) is 4. The van der Waals surface area contributed by atoms with Crippen LogP contribution in [0.3, 0.4) is 0 Å². The van der Waals surface area contributed by atoms with Gasteiger partial charge in [0.2, 0.25) is 0 Å². The summed E-state index contributed by atoms with van der Waals surface area (Å²) in [6.45, 7) is 4.92. The van der Waals surface area contributed by atoms with E-state index < -0.39 is 0 Å². The second-order valence-corrected chi connectivity index (χ2v) is 2.36. The fourth-order valence-electron chi connectivity index (χ4n) is 0.829. The van der Waals surface area contributed by atoms with Crippen LogP contribution in [0.1, 0.15) is 20.3 Å². The molecular weight excluding hydrogens is 170 g/mol. The minimum absolute atomic E-state index is 0.277. The summed E-state index contributed by atoms with van der Waals surface area (Å²) in [7, 11) is 1.38. The summed E-state index contributed by atoms with van der Waals surface area (Å²) in [6, 6.07) is 0. The van der Waals surface area contributed by atoms with Gasteiger partial charge in [-0.2, -0.15) is 5.48 Å². The summed E-state index contributed by atoms with van der Waals surface area (Å²) in [4.78, 5) is 15.9. The quantitative estimate of drug-likeness (QED) is 0.292. The molecule has 0 saturated carbocycles.